The van der Waals surface area contributed by atoms with Crippen LogP contribution < -0.4 is 10.6 Å². The van der Waals surface area contributed by atoms with Crippen LogP contribution in [0.25, 0.3) is 0 Å². The molecule has 8 nitrogen and oxygen atoms in total. The van der Waals surface area contributed by atoms with Gasteiger partial charge in [-0.05, 0) is 36.1 Å². The van der Waals surface area contributed by atoms with Gasteiger partial charge in [0.25, 0.3) is 0 Å². The van der Waals surface area contributed by atoms with Gasteiger partial charge in [0.2, 0.25) is 0 Å². The van der Waals surface area contributed by atoms with E-state index in [4.69, 9.17) is 10.2 Å². The highest BCUT2D eigenvalue weighted by Gasteiger charge is 2.06. The maximum absolute atomic E-state index is 10.7. The molecule has 2 aromatic carbocycles. The van der Waals surface area contributed by atoms with Crippen molar-refractivity contribution in [3.8, 4) is 11.5 Å². The molecule has 2 aromatic rings. The van der Waals surface area contributed by atoms with Gasteiger partial charge in [0.15, 0.2) is 0 Å². The molecule has 0 radical (unpaired) electrons. The molecule has 0 unspecified atom stereocenters. The predicted octanol–water partition coefficient (Wildman–Crippen LogP) is 2.01. The molecule has 0 spiro atoms. The smallest absolute Gasteiger partial charge is 0.303 e. The monoisotopic (exact) mass is 416 g/mol. The number of carboxylic acids is 2. The van der Waals surface area contributed by atoms with Crippen molar-refractivity contribution < 1.29 is 30.0 Å². The number of hydrogen-bond donors (Lipinski definition) is 6. The van der Waals surface area contributed by atoms with Crippen LogP contribution in [0.15, 0.2) is 36.4 Å². The molecule has 162 valence electrons. The van der Waals surface area contributed by atoms with Gasteiger partial charge in [0.1, 0.15) is 11.5 Å². The molecule has 0 heterocycles. The van der Waals surface area contributed by atoms with E-state index in [0.29, 0.717) is 50.1 Å². The first-order chi connectivity index (χ1) is 14.3. The second-order valence-electron chi connectivity index (χ2n) is 7.07. The SMILES string of the molecule is O=C(O)CCc1ccc(O)c(CNCCNCc2cc(CCC(=O)O)ccc2O)c1. The summed E-state index contributed by atoms with van der Waals surface area (Å²) in [6, 6.07) is 10.2. The highest BCUT2D eigenvalue weighted by molar-refractivity contribution is 5.67. The molecule has 0 bridgehead atoms. The first-order valence-electron chi connectivity index (χ1n) is 9.81. The fourth-order valence-electron chi connectivity index (χ4n) is 3.00. The number of aromatic hydroxyl groups is 2. The maximum Gasteiger partial charge on any atom is 0.303 e. The van der Waals surface area contributed by atoms with Crippen LogP contribution in [0.5, 0.6) is 11.5 Å². The Balaban J connectivity index is 1.74. The average Bonchev–Trinajstić information content (AvgIpc) is 2.70. The van der Waals surface area contributed by atoms with Crippen molar-refractivity contribution in [3.63, 3.8) is 0 Å². The van der Waals surface area contributed by atoms with Crippen molar-refractivity contribution in [2.45, 2.75) is 38.8 Å². The van der Waals surface area contributed by atoms with Crippen molar-refractivity contribution in [3.05, 3.63) is 58.7 Å². The van der Waals surface area contributed by atoms with E-state index in [-0.39, 0.29) is 24.3 Å². The van der Waals surface area contributed by atoms with Gasteiger partial charge < -0.3 is 31.1 Å². The van der Waals surface area contributed by atoms with Gasteiger partial charge in [0, 0.05) is 50.1 Å². The highest BCUT2D eigenvalue weighted by Crippen LogP contribution is 2.20. The summed E-state index contributed by atoms with van der Waals surface area (Å²) in [7, 11) is 0. The number of carboxylic acid groups (broad SMARTS) is 2. The molecule has 0 saturated carbocycles. The van der Waals surface area contributed by atoms with E-state index in [9.17, 15) is 19.8 Å². The van der Waals surface area contributed by atoms with Crippen molar-refractivity contribution in [1.82, 2.24) is 10.6 Å². The molecule has 0 aliphatic rings. The Labute approximate surface area is 175 Å². The van der Waals surface area contributed by atoms with Gasteiger partial charge in [-0.2, -0.15) is 0 Å². The standard InChI is InChI=1S/C22H28N2O6/c25-19-5-1-15(3-7-21(27)28)11-17(19)13-23-9-10-24-14-18-12-16(2-6-20(18)26)4-8-22(29)30/h1-2,5-6,11-12,23-26H,3-4,7-10,13-14H2,(H,27,28)(H,29,30). The lowest BCUT2D eigenvalue weighted by molar-refractivity contribution is -0.138. The minimum Gasteiger partial charge on any atom is -0.508 e. The lowest BCUT2D eigenvalue weighted by atomic mass is 10.1. The molecule has 0 aliphatic heterocycles. The topological polar surface area (TPSA) is 139 Å². The Morgan fingerprint density at radius 1 is 0.700 bits per heavy atom. The zero-order chi connectivity index (χ0) is 21.9. The van der Waals surface area contributed by atoms with E-state index in [1.807, 2.05) is 0 Å². The van der Waals surface area contributed by atoms with E-state index in [0.717, 1.165) is 11.1 Å². The Morgan fingerprint density at radius 3 is 1.47 bits per heavy atom. The minimum absolute atomic E-state index is 0.0475. The number of phenols is 2. The zero-order valence-electron chi connectivity index (χ0n) is 16.7. The summed E-state index contributed by atoms with van der Waals surface area (Å²) >= 11 is 0. The molecule has 0 fully saturated rings. The van der Waals surface area contributed by atoms with Crippen LogP contribution in [0, 0.1) is 0 Å². The third-order valence-electron chi connectivity index (χ3n) is 4.65. The minimum atomic E-state index is -0.854. The zero-order valence-corrected chi connectivity index (χ0v) is 16.7. The number of rotatable bonds is 13. The van der Waals surface area contributed by atoms with E-state index >= 15 is 0 Å². The Bertz CT molecular complexity index is 797. The van der Waals surface area contributed by atoms with Gasteiger partial charge in [-0.1, -0.05) is 24.3 Å². The number of carbonyl (C=O) groups is 2. The van der Waals surface area contributed by atoms with Crippen LogP contribution in [0.2, 0.25) is 0 Å². The molecule has 0 amide bonds. The molecule has 2 rings (SSSR count). The van der Waals surface area contributed by atoms with Gasteiger partial charge in [-0.25, -0.2) is 0 Å². The van der Waals surface area contributed by atoms with Crippen molar-refractivity contribution in [2.75, 3.05) is 13.1 Å². The lowest BCUT2D eigenvalue weighted by Crippen LogP contribution is -2.26. The quantitative estimate of drug-likeness (QED) is 0.273. The normalized spacial score (nSPS) is 10.8. The van der Waals surface area contributed by atoms with Crippen LogP contribution in [0.1, 0.15) is 35.1 Å². The fourth-order valence-corrected chi connectivity index (χ4v) is 3.00. The molecule has 6 N–H and O–H groups in total. The van der Waals surface area contributed by atoms with Crippen LogP contribution in [-0.4, -0.2) is 45.5 Å². The van der Waals surface area contributed by atoms with Gasteiger partial charge >= 0.3 is 11.9 Å². The summed E-state index contributed by atoms with van der Waals surface area (Å²) in [5.41, 5.74) is 3.15. The summed E-state index contributed by atoms with van der Waals surface area (Å²) in [6.45, 7) is 2.14. The second-order valence-corrected chi connectivity index (χ2v) is 7.07. The highest BCUT2D eigenvalue weighted by atomic mass is 16.4. The fraction of sp³-hybridized carbons (Fsp3) is 0.364. The maximum atomic E-state index is 10.7. The number of hydrogen-bond acceptors (Lipinski definition) is 6. The average molecular weight is 416 g/mol. The van der Waals surface area contributed by atoms with Gasteiger partial charge in [0.05, 0.1) is 0 Å². The molecular weight excluding hydrogens is 388 g/mol. The van der Waals surface area contributed by atoms with Gasteiger partial charge in [-0.15, -0.1) is 0 Å². The van der Waals surface area contributed by atoms with Gasteiger partial charge in [-0.3, -0.25) is 9.59 Å². The molecule has 30 heavy (non-hydrogen) atoms. The summed E-state index contributed by atoms with van der Waals surface area (Å²) in [6.07, 6.45) is 0.927. The molecular formula is C22H28N2O6. The van der Waals surface area contributed by atoms with E-state index in [2.05, 4.69) is 10.6 Å². The molecule has 0 aromatic heterocycles. The number of phenolic OH excluding ortho intramolecular Hbond substituents is 2. The molecule has 8 heteroatoms. The predicted molar refractivity (Wildman–Crippen MR) is 112 cm³/mol. The second kappa shape index (κ2) is 11.8. The number of nitrogens with one attached hydrogen (secondary N) is 2. The Morgan fingerprint density at radius 2 is 1.10 bits per heavy atom. The number of benzene rings is 2. The lowest BCUT2D eigenvalue weighted by Gasteiger charge is -2.11. The summed E-state index contributed by atoms with van der Waals surface area (Å²) < 4.78 is 0. The van der Waals surface area contributed by atoms with Crippen molar-refractivity contribution in [2.24, 2.45) is 0 Å². The summed E-state index contributed by atoms with van der Waals surface area (Å²) in [5, 5.41) is 43.9. The van der Waals surface area contributed by atoms with Crippen molar-refractivity contribution >= 4 is 11.9 Å². The summed E-state index contributed by atoms with van der Waals surface area (Å²) in [5.74, 6) is -1.38. The largest absolute Gasteiger partial charge is 0.508 e. The van der Waals surface area contributed by atoms with Crippen LogP contribution in [0.4, 0.5) is 0 Å². The van der Waals surface area contributed by atoms with Crippen LogP contribution >= 0.6 is 0 Å². The Kier molecular flexibility index (Phi) is 9.11. The Hall–Kier alpha value is -3.10. The summed E-state index contributed by atoms with van der Waals surface area (Å²) in [4.78, 5) is 21.4. The number of aryl methyl sites for hydroxylation is 2. The first kappa shape index (κ1) is 23.2. The van der Waals surface area contributed by atoms with E-state index < -0.39 is 11.9 Å². The van der Waals surface area contributed by atoms with E-state index in [1.165, 1.54) is 0 Å². The van der Waals surface area contributed by atoms with Crippen molar-refractivity contribution in [1.29, 1.82) is 0 Å². The third-order valence-corrected chi connectivity index (χ3v) is 4.65. The van der Waals surface area contributed by atoms with Crippen LogP contribution in [-0.2, 0) is 35.5 Å². The molecule has 0 aliphatic carbocycles. The third kappa shape index (κ3) is 8.10. The number of aliphatic carboxylic acids is 2. The first-order valence-corrected chi connectivity index (χ1v) is 9.81. The molecule has 0 atom stereocenters. The van der Waals surface area contributed by atoms with E-state index in [1.54, 1.807) is 36.4 Å². The van der Waals surface area contributed by atoms with Crippen LogP contribution in [0.3, 0.4) is 0 Å². The molecule has 0 saturated heterocycles.